The molecule has 2 heterocycles. The van der Waals surface area contributed by atoms with Gasteiger partial charge in [-0.1, -0.05) is 68.1 Å². The molecule has 2 aromatic rings. The van der Waals surface area contributed by atoms with Crippen LogP contribution in [0.2, 0.25) is 0 Å². The van der Waals surface area contributed by atoms with Crippen LogP contribution in [-0.2, 0) is 11.2 Å². The summed E-state index contributed by atoms with van der Waals surface area (Å²) in [6, 6.07) is 16.0. The predicted molar refractivity (Wildman–Crippen MR) is 161 cm³/mol. The van der Waals surface area contributed by atoms with Gasteiger partial charge in [-0.05, 0) is 106 Å². The molecule has 3 fully saturated rings. The standard InChI is InChI=1S/C28H43N3O2.C6H5F/c29-19-26-11-5-4-8-24(26)12-6-7-22-13-16-30(17-14-22)20-23-15-18-31(21-23)27(28(32)33)25-9-2-1-3-10-25;7-6-4-2-1-3-5-6/h4-5,8,11,19,22-23,25,27,29H,1-3,6-7,9-10,12-18,20-21H2,(H,32,33);1-5H. The summed E-state index contributed by atoms with van der Waals surface area (Å²) in [5, 5.41) is 17.5. The minimum absolute atomic E-state index is 0.178. The van der Waals surface area contributed by atoms with Gasteiger partial charge in [-0.15, -0.1) is 0 Å². The van der Waals surface area contributed by atoms with E-state index in [0.29, 0.717) is 11.8 Å². The van der Waals surface area contributed by atoms with Gasteiger partial charge >= 0.3 is 5.97 Å². The third-order valence-corrected chi connectivity index (χ3v) is 9.29. The number of hydrogen-bond acceptors (Lipinski definition) is 4. The molecule has 2 unspecified atom stereocenters. The average molecular weight is 550 g/mol. The fourth-order valence-electron chi connectivity index (χ4n) is 7.09. The normalized spacial score (nSPS) is 21.9. The lowest BCUT2D eigenvalue weighted by Crippen LogP contribution is -2.46. The summed E-state index contributed by atoms with van der Waals surface area (Å²) < 4.78 is 11.9. The summed E-state index contributed by atoms with van der Waals surface area (Å²) in [5.74, 6) is 1.05. The third-order valence-electron chi connectivity index (χ3n) is 9.29. The van der Waals surface area contributed by atoms with Gasteiger partial charge in [0.15, 0.2) is 0 Å². The predicted octanol–water partition coefficient (Wildman–Crippen LogP) is 6.90. The molecule has 2 atom stereocenters. The molecule has 6 heteroatoms. The van der Waals surface area contributed by atoms with E-state index in [0.717, 1.165) is 56.8 Å². The number of nitrogens with one attached hydrogen (secondary N) is 1. The molecule has 2 N–H and O–H groups in total. The molecule has 3 aliphatic rings. The molecule has 2 aliphatic heterocycles. The summed E-state index contributed by atoms with van der Waals surface area (Å²) in [5.41, 5.74) is 2.37. The van der Waals surface area contributed by atoms with Crippen LogP contribution in [0.5, 0.6) is 0 Å². The van der Waals surface area contributed by atoms with Crippen molar-refractivity contribution in [1.29, 1.82) is 5.41 Å². The number of aryl methyl sites for hydroxylation is 1. The maximum atomic E-state index is 12.1. The zero-order valence-electron chi connectivity index (χ0n) is 24.0. The van der Waals surface area contributed by atoms with Crippen molar-refractivity contribution >= 4 is 12.2 Å². The first-order chi connectivity index (χ1) is 19.5. The number of carboxylic acids is 1. The van der Waals surface area contributed by atoms with Gasteiger partial charge in [-0.25, -0.2) is 4.39 Å². The summed E-state index contributed by atoms with van der Waals surface area (Å²) in [4.78, 5) is 17.0. The Hall–Kier alpha value is -2.57. The molecular weight excluding hydrogens is 501 g/mol. The maximum Gasteiger partial charge on any atom is 0.321 e. The Balaban J connectivity index is 0.000000461. The van der Waals surface area contributed by atoms with E-state index in [1.165, 1.54) is 81.9 Å². The molecule has 40 heavy (non-hydrogen) atoms. The van der Waals surface area contributed by atoms with Gasteiger partial charge in [0.1, 0.15) is 11.9 Å². The minimum Gasteiger partial charge on any atom is -0.480 e. The van der Waals surface area contributed by atoms with E-state index in [1.54, 1.807) is 18.2 Å². The highest BCUT2D eigenvalue weighted by molar-refractivity contribution is 5.79. The van der Waals surface area contributed by atoms with Gasteiger partial charge in [0, 0.05) is 19.3 Å². The number of benzene rings is 2. The Bertz CT molecular complexity index is 1030. The van der Waals surface area contributed by atoms with Crippen molar-refractivity contribution in [2.24, 2.45) is 17.8 Å². The molecule has 0 bridgehead atoms. The Kier molecular flexibility index (Phi) is 12.2. The number of halogens is 1. The van der Waals surface area contributed by atoms with Crippen molar-refractivity contribution in [3.63, 3.8) is 0 Å². The fraction of sp³-hybridized carbons (Fsp3) is 0.588. The number of nitrogens with zero attached hydrogens (tertiary/aromatic N) is 2. The lowest BCUT2D eigenvalue weighted by atomic mass is 9.83. The molecule has 218 valence electrons. The van der Waals surface area contributed by atoms with Crippen molar-refractivity contribution in [1.82, 2.24) is 9.80 Å². The van der Waals surface area contributed by atoms with Gasteiger partial charge in [0.25, 0.3) is 0 Å². The van der Waals surface area contributed by atoms with Crippen LogP contribution in [0.15, 0.2) is 54.6 Å². The number of piperidine rings is 1. The Morgan fingerprint density at radius 3 is 2.25 bits per heavy atom. The van der Waals surface area contributed by atoms with E-state index in [1.807, 2.05) is 12.1 Å². The first-order valence-corrected chi connectivity index (χ1v) is 15.5. The molecule has 0 amide bonds. The van der Waals surface area contributed by atoms with E-state index in [-0.39, 0.29) is 11.9 Å². The molecule has 1 saturated carbocycles. The maximum absolute atomic E-state index is 12.1. The zero-order chi connectivity index (χ0) is 28.2. The highest BCUT2D eigenvalue weighted by atomic mass is 19.1. The number of rotatable bonds is 10. The fourth-order valence-corrected chi connectivity index (χ4v) is 7.09. The van der Waals surface area contributed by atoms with Crippen LogP contribution >= 0.6 is 0 Å². The topological polar surface area (TPSA) is 67.6 Å². The van der Waals surface area contributed by atoms with Crippen LogP contribution in [0.3, 0.4) is 0 Å². The summed E-state index contributed by atoms with van der Waals surface area (Å²) in [6.45, 7) is 5.48. The lowest BCUT2D eigenvalue weighted by Gasteiger charge is -2.35. The van der Waals surface area contributed by atoms with Gasteiger partial charge in [0.2, 0.25) is 0 Å². The first-order valence-electron chi connectivity index (χ1n) is 15.5. The largest absolute Gasteiger partial charge is 0.480 e. The van der Waals surface area contributed by atoms with Crippen LogP contribution in [0, 0.1) is 29.0 Å². The van der Waals surface area contributed by atoms with Gasteiger partial charge in [-0.3, -0.25) is 9.69 Å². The number of carbonyl (C=O) groups is 1. The lowest BCUT2D eigenvalue weighted by molar-refractivity contribution is -0.145. The highest BCUT2D eigenvalue weighted by Crippen LogP contribution is 2.33. The van der Waals surface area contributed by atoms with Gasteiger partial charge < -0.3 is 15.4 Å². The van der Waals surface area contributed by atoms with E-state index in [9.17, 15) is 14.3 Å². The van der Waals surface area contributed by atoms with E-state index in [2.05, 4.69) is 21.9 Å². The van der Waals surface area contributed by atoms with E-state index < -0.39 is 5.97 Å². The molecule has 1 aliphatic carbocycles. The van der Waals surface area contributed by atoms with Crippen molar-refractivity contribution < 1.29 is 14.3 Å². The van der Waals surface area contributed by atoms with Crippen LogP contribution in [-0.4, -0.2) is 65.9 Å². The van der Waals surface area contributed by atoms with Crippen LogP contribution in [0.4, 0.5) is 4.39 Å². The van der Waals surface area contributed by atoms with Crippen molar-refractivity contribution in [2.75, 3.05) is 32.7 Å². The number of hydrogen-bond donors (Lipinski definition) is 2. The second kappa shape index (κ2) is 16.0. The second-order valence-corrected chi connectivity index (χ2v) is 12.1. The molecule has 2 aromatic carbocycles. The first kappa shape index (κ1) is 30.4. The summed E-state index contributed by atoms with van der Waals surface area (Å²) in [7, 11) is 0. The second-order valence-electron chi connectivity index (χ2n) is 12.1. The quantitative estimate of drug-likeness (QED) is 0.316. The Morgan fingerprint density at radius 1 is 0.925 bits per heavy atom. The molecular formula is C34H48FN3O2. The summed E-state index contributed by atoms with van der Waals surface area (Å²) in [6.07, 6.45) is 14.7. The van der Waals surface area contributed by atoms with Gasteiger partial charge in [0.05, 0.1) is 0 Å². The zero-order valence-corrected chi connectivity index (χ0v) is 24.0. The Labute approximate surface area is 240 Å². The SMILES string of the molecule is Fc1ccccc1.N=Cc1ccccc1CCCC1CCN(CC2CCN(C(C(=O)O)C3CCCCC3)C2)CC1. The molecule has 5 nitrogen and oxygen atoms in total. The van der Waals surface area contributed by atoms with Crippen LogP contribution < -0.4 is 0 Å². The van der Waals surface area contributed by atoms with Crippen LogP contribution in [0.1, 0.15) is 75.3 Å². The number of carboxylic acid groups (broad SMARTS) is 1. The van der Waals surface area contributed by atoms with Crippen molar-refractivity contribution in [3.05, 3.63) is 71.5 Å². The minimum atomic E-state index is -0.591. The third kappa shape index (κ3) is 9.24. The monoisotopic (exact) mass is 549 g/mol. The number of likely N-dealkylation sites (tertiary alicyclic amines) is 2. The van der Waals surface area contributed by atoms with E-state index in [4.69, 9.17) is 5.41 Å². The smallest absolute Gasteiger partial charge is 0.321 e. The van der Waals surface area contributed by atoms with Crippen molar-refractivity contribution in [2.45, 2.75) is 76.7 Å². The average Bonchev–Trinajstić information content (AvgIpc) is 3.43. The molecule has 0 spiro atoms. The number of aliphatic carboxylic acids is 1. The van der Waals surface area contributed by atoms with Crippen molar-refractivity contribution in [3.8, 4) is 0 Å². The molecule has 5 rings (SSSR count). The van der Waals surface area contributed by atoms with E-state index >= 15 is 0 Å². The highest BCUT2D eigenvalue weighted by Gasteiger charge is 2.38. The van der Waals surface area contributed by atoms with Gasteiger partial charge in [-0.2, -0.15) is 0 Å². The summed E-state index contributed by atoms with van der Waals surface area (Å²) >= 11 is 0. The molecule has 2 saturated heterocycles. The molecule has 0 radical (unpaired) electrons. The van der Waals surface area contributed by atoms with Crippen LogP contribution in [0.25, 0.3) is 0 Å². The molecule has 0 aromatic heterocycles. The Morgan fingerprint density at radius 2 is 1.60 bits per heavy atom.